The highest BCUT2D eigenvalue weighted by Crippen LogP contribution is 2.05. The maximum atomic E-state index is 11.5. The van der Waals surface area contributed by atoms with Crippen LogP contribution in [0, 0.1) is 0 Å². The van der Waals surface area contributed by atoms with E-state index in [4.69, 9.17) is 4.74 Å². The van der Waals surface area contributed by atoms with Crippen LogP contribution in [-0.2, 0) is 11.3 Å². The summed E-state index contributed by atoms with van der Waals surface area (Å²) in [6.07, 6.45) is 2.48. The molecule has 0 aromatic carbocycles. The molecule has 0 aliphatic heterocycles. The van der Waals surface area contributed by atoms with Crippen molar-refractivity contribution in [1.82, 2.24) is 20.9 Å². The van der Waals surface area contributed by atoms with Gasteiger partial charge in [0.05, 0.1) is 13.7 Å². The van der Waals surface area contributed by atoms with E-state index in [1.54, 1.807) is 18.3 Å². The van der Waals surface area contributed by atoms with Crippen LogP contribution in [0.4, 0.5) is 4.79 Å². The number of carbonyl (C=O) groups is 2. The first-order valence-corrected chi connectivity index (χ1v) is 6.43. The summed E-state index contributed by atoms with van der Waals surface area (Å²) in [6.45, 7) is 2.87. The molecule has 7 heteroatoms. The van der Waals surface area contributed by atoms with E-state index in [2.05, 4.69) is 20.9 Å². The summed E-state index contributed by atoms with van der Waals surface area (Å²) in [7, 11) is 1.54. The minimum atomic E-state index is -0.396. The normalized spacial score (nSPS) is 9.70. The Morgan fingerprint density at radius 2 is 2.05 bits per heavy atom. The third-order valence-corrected chi connectivity index (χ3v) is 2.44. The van der Waals surface area contributed by atoms with Crippen LogP contribution in [0.25, 0.3) is 0 Å². The first-order valence-electron chi connectivity index (χ1n) is 6.43. The fourth-order valence-electron chi connectivity index (χ4n) is 1.37. The maximum Gasteiger partial charge on any atom is 0.315 e. The lowest BCUT2D eigenvalue weighted by atomic mass is 10.3. The van der Waals surface area contributed by atoms with Crippen LogP contribution >= 0.6 is 0 Å². The lowest BCUT2D eigenvalue weighted by molar-refractivity contribution is -0.120. The second kappa shape index (κ2) is 8.73. The fraction of sp³-hybridized carbons (Fsp3) is 0.462. The minimum Gasteiger partial charge on any atom is -0.481 e. The van der Waals surface area contributed by atoms with Crippen LogP contribution in [-0.4, -0.2) is 37.1 Å². The van der Waals surface area contributed by atoms with Crippen LogP contribution in [0.15, 0.2) is 18.3 Å². The Balaban J connectivity index is 2.23. The topological polar surface area (TPSA) is 92.4 Å². The van der Waals surface area contributed by atoms with Gasteiger partial charge in [0.2, 0.25) is 11.8 Å². The molecule has 3 amide bonds. The van der Waals surface area contributed by atoms with Crippen LogP contribution in [0.1, 0.15) is 18.9 Å². The molecule has 0 spiro atoms. The molecule has 1 rings (SSSR count). The highest BCUT2D eigenvalue weighted by atomic mass is 16.5. The van der Waals surface area contributed by atoms with Crippen LogP contribution < -0.4 is 20.7 Å². The van der Waals surface area contributed by atoms with E-state index in [1.807, 2.05) is 6.92 Å². The third-order valence-electron chi connectivity index (χ3n) is 2.44. The summed E-state index contributed by atoms with van der Waals surface area (Å²) in [6, 6.07) is 3.13. The Bertz CT molecular complexity index is 434. The Morgan fingerprint density at radius 1 is 1.25 bits per heavy atom. The van der Waals surface area contributed by atoms with Crippen molar-refractivity contribution in [2.45, 2.75) is 19.9 Å². The highest BCUT2D eigenvalue weighted by molar-refractivity contribution is 5.83. The smallest absolute Gasteiger partial charge is 0.315 e. The third kappa shape index (κ3) is 6.03. The fourth-order valence-corrected chi connectivity index (χ4v) is 1.37. The Labute approximate surface area is 118 Å². The molecule has 0 fully saturated rings. The molecule has 110 valence electrons. The van der Waals surface area contributed by atoms with Crippen molar-refractivity contribution < 1.29 is 14.3 Å². The standard InChI is InChI=1S/C13H20N4O3/c1-3-6-14-11(18)9-17-13(19)16-8-10-4-5-12(20-2)15-7-10/h4-5,7H,3,6,8-9H2,1-2H3,(H,14,18)(H2,16,17,19). The number of carbonyl (C=O) groups excluding carboxylic acids is 2. The highest BCUT2D eigenvalue weighted by Gasteiger charge is 2.04. The molecule has 1 aromatic rings. The van der Waals surface area contributed by atoms with Crippen molar-refractivity contribution >= 4 is 11.9 Å². The molecule has 7 nitrogen and oxygen atoms in total. The van der Waals surface area contributed by atoms with E-state index in [0.29, 0.717) is 19.0 Å². The average Bonchev–Trinajstić information content (AvgIpc) is 2.49. The Morgan fingerprint density at radius 3 is 2.65 bits per heavy atom. The van der Waals surface area contributed by atoms with E-state index in [1.165, 1.54) is 7.11 Å². The second-order valence-corrected chi connectivity index (χ2v) is 4.09. The van der Waals surface area contributed by atoms with Gasteiger partial charge in [0.15, 0.2) is 0 Å². The van der Waals surface area contributed by atoms with Gasteiger partial charge in [-0.3, -0.25) is 4.79 Å². The molecule has 3 N–H and O–H groups in total. The lowest BCUT2D eigenvalue weighted by Gasteiger charge is -2.08. The summed E-state index contributed by atoms with van der Waals surface area (Å²) >= 11 is 0. The minimum absolute atomic E-state index is 0.0350. The zero-order valence-corrected chi connectivity index (χ0v) is 11.7. The molecule has 0 radical (unpaired) electrons. The molecule has 0 saturated heterocycles. The number of nitrogens with one attached hydrogen (secondary N) is 3. The van der Waals surface area contributed by atoms with Gasteiger partial charge < -0.3 is 20.7 Å². The molecule has 0 atom stereocenters. The molecule has 0 bridgehead atoms. The van der Waals surface area contributed by atoms with Crippen molar-refractivity contribution in [3.05, 3.63) is 23.9 Å². The predicted molar refractivity (Wildman–Crippen MR) is 74.3 cm³/mol. The summed E-state index contributed by atoms with van der Waals surface area (Å²) in [5.41, 5.74) is 0.844. The molecule has 1 heterocycles. The first kappa shape index (κ1) is 15.7. The molecule has 0 aliphatic rings. The molecule has 0 saturated carbocycles. The summed E-state index contributed by atoms with van der Waals surface area (Å²) < 4.78 is 4.94. The maximum absolute atomic E-state index is 11.5. The van der Waals surface area contributed by atoms with Crippen molar-refractivity contribution in [2.24, 2.45) is 0 Å². The van der Waals surface area contributed by atoms with Crippen LogP contribution in [0.5, 0.6) is 5.88 Å². The van der Waals surface area contributed by atoms with Gasteiger partial charge >= 0.3 is 6.03 Å². The molecule has 0 unspecified atom stereocenters. The average molecular weight is 280 g/mol. The Hall–Kier alpha value is -2.31. The number of aromatic nitrogens is 1. The van der Waals surface area contributed by atoms with Gasteiger partial charge in [-0.2, -0.15) is 0 Å². The van der Waals surface area contributed by atoms with Gasteiger partial charge in [0.25, 0.3) is 0 Å². The molecular weight excluding hydrogens is 260 g/mol. The predicted octanol–water partition coefficient (Wildman–Crippen LogP) is 0.416. The lowest BCUT2D eigenvalue weighted by Crippen LogP contribution is -2.41. The van der Waals surface area contributed by atoms with Gasteiger partial charge in [0, 0.05) is 25.4 Å². The summed E-state index contributed by atoms with van der Waals surface area (Å²) in [5, 5.41) is 7.78. The molecule has 20 heavy (non-hydrogen) atoms. The number of hydrogen-bond acceptors (Lipinski definition) is 4. The van der Waals surface area contributed by atoms with Gasteiger partial charge in [-0.05, 0) is 12.0 Å². The number of rotatable bonds is 7. The van der Waals surface area contributed by atoms with Gasteiger partial charge in [-0.15, -0.1) is 0 Å². The van der Waals surface area contributed by atoms with E-state index in [-0.39, 0.29) is 12.5 Å². The summed E-state index contributed by atoms with van der Waals surface area (Å²) in [4.78, 5) is 26.8. The van der Waals surface area contributed by atoms with E-state index >= 15 is 0 Å². The molecule has 1 aromatic heterocycles. The number of urea groups is 1. The van der Waals surface area contributed by atoms with E-state index in [9.17, 15) is 9.59 Å². The van der Waals surface area contributed by atoms with Crippen molar-refractivity contribution in [3.63, 3.8) is 0 Å². The van der Waals surface area contributed by atoms with E-state index in [0.717, 1.165) is 12.0 Å². The molecular formula is C13H20N4O3. The van der Waals surface area contributed by atoms with Crippen LogP contribution in [0.3, 0.4) is 0 Å². The van der Waals surface area contributed by atoms with Crippen LogP contribution in [0.2, 0.25) is 0 Å². The van der Waals surface area contributed by atoms with Gasteiger partial charge in [-0.1, -0.05) is 13.0 Å². The van der Waals surface area contributed by atoms with Gasteiger partial charge in [-0.25, -0.2) is 9.78 Å². The number of methoxy groups -OCH3 is 1. The van der Waals surface area contributed by atoms with Crippen molar-refractivity contribution in [1.29, 1.82) is 0 Å². The van der Waals surface area contributed by atoms with E-state index < -0.39 is 6.03 Å². The van der Waals surface area contributed by atoms with Crippen molar-refractivity contribution in [3.8, 4) is 5.88 Å². The van der Waals surface area contributed by atoms with Crippen molar-refractivity contribution in [2.75, 3.05) is 20.2 Å². The SMILES string of the molecule is CCCNC(=O)CNC(=O)NCc1ccc(OC)nc1. The number of ether oxygens (including phenoxy) is 1. The van der Waals surface area contributed by atoms with Gasteiger partial charge in [0.1, 0.15) is 0 Å². The number of nitrogens with zero attached hydrogens (tertiary/aromatic N) is 1. The number of pyridine rings is 1. The zero-order chi connectivity index (χ0) is 14.8. The zero-order valence-electron chi connectivity index (χ0n) is 11.7. The Kier molecular flexibility index (Phi) is 6.88. The number of hydrogen-bond donors (Lipinski definition) is 3. The number of amides is 3. The second-order valence-electron chi connectivity index (χ2n) is 4.09. The summed E-state index contributed by atoms with van der Waals surface area (Å²) in [5.74, 6) is 0.318. The largest absolute Gasteiger partial charge is 0.481 e. The monoisotopic (exact) mass is 280 g/mol. The first-order chi connectivity index (χ1) is 9.65. The molecule has 0 aliphatic carbocycles. The quantitative estimate of drug-likeness (QED) is 0.674.